The summed E-state index contributed by atoms with van der Waals surface area (Å²) in [5.74, 6) is 0.367. The van der Waals surface area contributed by atoms with E-state index >= 15 is 0 Å². The number of rotatable bonds is 7. The van der Waals surface area contributed by atoms with Crippen molar-refractivity contribution in [2.75, 3.05) is 32.8 Å². The van der Waals surface area contributed by atoms with Crippen molar-refractivity contribution >= 4 is 51.3 Å². The second kappa shape index (κ2) is 10.9. The molecule has 29 heavy (non-hydrogen) atoms. The number of ether oxygens (including phenoxy) is 2. The molecule has 6 nitrogen and oxygen atoms in total. The normalized spacial score (nSPS) is 14.9. The monoisotopic (exact) mass is 499 g/mol. The lowest BCUT2D eigenvalue weighted by Gasteiger charge is -2.25. The van der Waals surface area contributed by atoms with E-state index in [2.05, 4.69) is 26.5 Å². The SMILES string of the molecule is O=C(CN1CCOCC1)N/N=C/c1cc(Cl)c(OCc2ccc(Cl)cc2)c(Br)c1. The van der Waals surface area contributed by atoms with Gasteiger partial charge in [0, 0.05) is 18.1 Å². The number of hydrogen-bond donors (Lipinski definition) is 1. The molecule has 3 rings (SSSR count). The Hall–Kier alpha value is -1.64. The van der Waals surface area contributed by atoms with Gasteiger partial charge in [-0.15, -0.1) is 0 Å². The van der Waals surface area contributed by atoms with E-state index in [1.165, 1.54) is 6.21 Å². The molecule has 9 heteroatoms. The minimum absolute atomic E-state index is 0.170. The Morgan fingerprint density at radius 3 is 2.66 bits per heavy atom. The molecule has 2 aromatic carbocycles. The van der Waals surface area contributed by atoms with E-state index in [0.717, 1.165) is 24.2 Å². The van der Waals surface area contributed by atoms with Gasteiger partial charge in [0.05, 0.1) is 35.5 Å². The van der Waals surface area contributed by atoms with Crippen LogP contribution in [0.5, 0.6) is 5.75 Å². The van der Waals surface area contributed by atoms with Crippen molar-refractivity contribution < 1.29 is 14.3 Å². The smallest absolute Gasteiger partial charge is 0.254 e. The molecule has 1 fully saturated rings. The third-order valence-electron chi connectivity index (χ3n) is 4.19. The predicted octanol–water partition coefficient (Wildman–Crippen LogP) is 4.12. The van der Waals surface area contributed by atoms with Gasteiger partial charge >= 0.3 is 0 Å². The van der Waals surface area contributed by atoms with Crippen LogP contribution in [0.1, 0.15) is 11.1 Å². The van der Waals surface area contributed by atoms with Gasteiger partial charge in [-0.05, 0) is 51.3 Å². The van der Waals surface area contributed by atoms with Crippen LogP contribution in [0.4, 0.5) is 0 Å². The first-order chi connectivity index (χ1) is 14.0. The van der Waals surface area contributed by atoms with E-state index in [1.807, 2.05) is 35.2 Å². The fraction of sp³-hybridized carbons (Fsp3) is 0.300. The van der Waals surface area contributed by atoms with Crippen molar-refractivity contribution in [3.63, 3.8) is 0 Å². The zero-order valence-corrected chi connectivity index (χ0v) is 18.6. The van der Waals surface area contributed by atoms with Gasteiger partial charge in [0.25, 0.3) is 5.91 Å². The Morgan fingerprint density at radius 1 is 1.24 bits per heavy atom. The lowest BCUT2D eigenvalue weighted by molar-refractivity contribution is -0.123. The van der Waals surface area contributed by atoms with E-state index in [9.17, 15) is 4.79 Å². The minimum atomic E-state index is -0.170. The summed E-state index contributed by atoms with van der Waals surface area (Å²) < 4.78 is 11.8. The van der Waals surface area contributed by atoms with Crippen molar-refractivity contribution in [2.24, 2.45) is 5.10 Å². The summed E-state index contributed by atoms with van der Waals surface area (Å²) in [5.41, 5.74) is 4.24. The molecule has 0 bridgehead atoms. The summed E-state index contributed by atoms with van der Waals surface area (Å²) in [6.07, 6.45) is 1.54. The first-order valence-electron chi connectivity index (χ1n) is 8.99. The number of hydrazone groups is 1. The summed E-state index contributed by atoms with van der Waals surface area (Å²) >= 11 is 15.7. The third-order valence-corrected chi connectivity index (χ3v) is 5.31. The van der Waals surface area contributed by atoms with Crippen molar-refractivity contribution in [2.45, 2.75) is 6.61 Å². The standard InChI is InChI=1S/C20H20BrCl2N3O3/c21-17-9-15(11-24-25-19(27)12-26-5-7-28-8-6-26)10-18(23)20(17)29-13-14-1-3-16(22)4-2-14/h1-4,9-11H,5-8,12-13H2,(H,25,27)/b24-11+. The number of hydrogen-bond acceptors (Lipinski definition) is 5. The van der Waals surface area contributed by atoms with E-state index in [0.29, 0.717) is 46.6 Å². The molecular weight excluding hydrogens is 481 g/mol. The molecule has 0 saturated carbocycles. The zero-order chi connectivity index (χ0) is 20.6. The molecule has 0 aromatic heterocycles. The number of amides is 1. The third kappa shape index (κ3) is 6.97. The number of morpholine rings is 1. The minimum Gasteiger partial charge on any atom is -0.486 e. The molecule has 154 valence electrons. The first-order valence-corrected chi connectivity index (χ1v) is 10.5. The Labute approximate surface area is 187 Å². The summed E-state index contributed by atoms with van der Waals surface area (Å²) in [7, 11) is 0. The Kier molecular flexibility index (Phi) is 8.32. The van der Waals surface area contributed by atoms with E-state index in [1.54, 1.807) is 6.07 Å². The predicted molar refractivity (Wildman–Crippen MR) is 118 cm³/mol. The number of nitrogens with zero attached hydrogens (tertiary/aromatic N) is 2. The number of carbonyl (C=O) groups excluding carboxylic acids is 1. The van der Waals surface area contributed by atoms with Gasteiger partial charge in [-0.2, -0.15) is 5.10 Å². The molecule has 0 unspecified atom stereocenters. The van der Waals surface area contributed by atoms with Crippen LogP contribution in [0, 0.1) is 0 Å². The van der Waals surface area contributed by atoms with Crippen molar-refractivity contribution in [3.8, 4) is 5.75 Å². The van der Waals surface area contributed by atoms with Crippen molar-refractivity contribution in [1.82, 2.24) is 10.3 Å². The van der Waals surface area contributed by atoms with Gasteiger partial charge in [-0.25, -0.2) is 5.43 Å². The summed E-state index contributed by atoms with van der Waals surface area (Å²) in [6.45, 7) is 3.45. The summed E-state index contributed by atoms with van der Waals surface area (Å²) in [4.78, 5) is 14.0. The van der Waals surface area contributed by atoms with Crippen LogP contribution in [0.3, 0.4) is 0 Å². The van der Waals surface area contributed by atoms with Crippen molar-refractivity contribution in [3.05, 3.63) is 62.0 Å². The quantitative estimate of drug-likeness (QED) is 0.459. The number of halogens is 3. The van der Waals surface area contributed by atoms with Gasteiger partial charge in [0.15, 0.2) is 5.75 Å². The van der Waals surface area contributed by atoms with Crippen LogP contribution in [-0.4, -0.2) is 49.9 Å². The van der Waals surface area contributed by atoms with Gasteiger partial charge in [-0.3, -0.25) is 9.69 Å². The average Bonchev–Trinajstić information content (AvgIpc) is 2.69. The van der Waals surface area contributed by atoms with E-state index in [4.69, 9.17) is 32.7 Å². The maximum Gasteiger partial charge on any atom is 0.254 e. The number of carbonyl (C=O) groups is 1. The molecule has 0 atom stereocenters. The van der Waals surface area contributed by atoms with Gasteiger partial charge < -0.3 is 9.47 Å². The molecule has 1 amide bonds. The fourth-order valence-electron chi connectivity index (χ4n) is 2.70. The Balaban J connectivity index is 1.54. The highest BCUT2D eigenvalue weighted by atomic mass is 79.9. The highest BCUT2D eigenvalue weighted by Crippen LogP contribution is 2.34. The van der Waals surface area contributed by atoms with Gasteiger partial charge in [0.2, 0.25) is 0 Å². The van der Waals surface area contributed by atoms with Crippen LogP contribution < -0.4 is 10.2 Å². The summed E-state index contributed by atoms with van der Waals surface area (Å²) in [5, 5.41) is 5.12. The lowest BCUT2D eigenvalue weighted by atomic mass is 10.2. The fourth-order valence-corrected chi connectivity index (χ4v) is 3.82. The van der Waals surface area contributed by atoms with Gasteiger partial charge in [-0.1, -0.05) is 35.3 Å². The Morgan fingerprint density at radius 2 is 1.97 bits per heavy atom. The molecular formula is C20H20BrCl2N3O3. The average molecular weight is 501 g/mol. The van der Waals surface area contributed by atoms with Crippen LogP contribution in [-0.2, 0) is 16.1 Å². The largest absolute Gasteiger partial charge is 0.486 e. The van der Waals surface area contributed by atoms with Crippen LogP contribution >= 0.6 is 39.1 Å². The van der Waals surface area contributed by atoms with Crippen molar-refractivity contribution in [1.29, 1.82) is 0 Å². The number of benzene rings is 2. The molecule has 1 N–H and O–H groups in total. The van der Waals surface area contributed by atoms with Crippen LogP contribution in [0.25, 0.3) is 0 Å². The van der Waals surface area contributed by atoms with Crippen LogP contribution in [0.15, 0.2) is 46.0 Å². The Bertz CT molecular complexity index is 849. The molecule has 1 aliphatic rings. The molecule has 2 aromatic rings. The molecule has 1 heterocycles. The van der Waals surface area contributed by atoms with Crippen LogP contribution in [0.2, 0.25) is 10.0 Å². The van der Waals surface area contributed by atoms with Gasteiger partial charge in [0.1, 0.15) is 6.61 Å². The highest BCUT2D eigenvalue weighted by Gasteiger charge is 2.13. The lowest BCUT2D eigenvalue weighted by Crippen LogP contribution is -2.42. The highest BCUT2D eigenvalue weighted by molar-refractivity contribution is 9.10. The molecule has 0 radical (unpaired) electrons. The van der Waals surface area contributed by atoms with E-state index in [-0.39, 0.29) is 5.91 Å². The molecule has 1 aliphatic heterocycles. The summed E-state index contributed by atoms with van der Waals surface area (Å²) in [6, 6.07) is 10.9. The maximum absolute atomic E-state index is 12.0. The number of nitrogens with one attached hydrogen (secondary N) is 1. The maximum atomic E-state index is 12.0. The zero-order valence-electron chi connectivity index (χ0n) is 15.5. The van der Waals surface area contributed by atoms with E-state index < -0.39 is 0 Å². The first kappa shape index (κ1) is 22.1. The molecule has 0 spiro atoms. The topological polar surface area (TPSA) is 63.2 Å². The molecule has 0 aliphatic carbocycles. The molecule has 1 saturated heterocycles. The second-order valence-corrected chi connectivity index (χ2v) is 8.11. The second-order valence-electron chi connectivity index (χ2n) is 6.41.